The third-order valence-corrected chi connectivity index (χ3v) is 1.64. The van der Waals surface area contributed by atoms with Gasteiger partial charge in [0.1, 0.15) is 5.78 Å². The van der Waals surface area contributed by atoms with E-state index in [1.807, 2.05) is 0 Å². The van der Waals surface area contributed by atoms with Crippen LogP contribution in [0.1, 0.15) is 25.7 Å². The number of hydrogen-bond acceptors (Lipinski definition) is 1. The van der Waals surface area contributed by atoms with Crippen LogP contribution in [0.4, 0.5) is 26.3 Å². The second-order valence-electron chi connectivity index (χ2n) is 3.04. The molecule has 0 aliphatic carbocycles. The molecule has 1 atom stereocenters. The van der Waals surface area contributed by atoms with E-state index in [0.717, 1.165) is 0 Å². The number of Topliss-reactive ketones (excluding diaryl/α,β-unsaturated/α-hetero) is 1. The van der Waals surface area contributed by atoms with Crippen LogP contribution in [-0.2, 0) is 4.79 Å². The Bertz CT molecular complexity index is 200. The van der Waals surface area contributed by atoms with E-state index in [9.17, 15) is 31.1 Å². The molecule has 15 heavy (non-hydrogen) atoms. The van der Waals surface area contributed by atoms with Gasteiger partial charge in [-0.25, -0.2) is 13.2 Å². The Morgan fingerprint density at radius 3 is 2.07 bits per heavy atom. The highest BCUT2D eigenvalue weighted by Crippen LogP contribution is 2.26. The average Bonchev–Trinajstić information content (AvgIpc) is 2.01. The van der Waals surface area contributed by atoms with Gasteiger partial charge in [-0.05, 0) is 6.42 Å². The van der Waals surface area contributed by atoms with Crippen molar-refractivity contribution in [2.75, 3.05) is 0 Å². The molecule has 0 rings (SSSR count). The number of alkyl halides is 6. The van der Waals surface area contributed by atoms with Crippen LogP contribution in [0, 0.1) is 0 Å². The van der Waals surface area contributed by atoms with Gasteiger partial charge in [-0.2, -0.15) is 13.2 Å². The van der Waals surface area contributed by atoms with Crippen molar-refractivity contribution in [1.82, 2.24) is 0 Å². The molecule has 90 valence electrons. The fraction of sp³-hybridized carbons (Fsp3) is 0.875. The summed E-state index contributed by atoms with van der Waals surface area (Å²) in [5, 5.41) is 0. The second kappa shape index (κ2) is 5.97. The smallest absolute Gasteiger partial charge is 0.300 e. The van der Waals surface area contributed by atoms with Crippen LogP contribution in [0.3, 0.4) is 0 Å². The molecule has 7 heteroatoms. The molecule has 0 saturated carbocycles. The minimum absolute atomic E-state index is 0.221. The average molecular weight is 236 g/mol. The van der Waals surface area contributed by atoms with E-state index >= 15 is 0 Å². The molecule has 0 aromatic carbocycles. The maximum absolute atomic E-state index is 12.3. The Morgan fingerprint density at radius 2 is 1.67 bits per heavy atom. The normalized spacial score (nSPS) is 14.3. The lowest BCUT2D eigenvalue weighted by atomic mass is 10.1. The van der Waals surface area contributed by atoms with Crippen LogP contribution >= 0.6 is 0 Å². The maximum atomic E-state index is 12.3. The number of hydrogen-bond donors (Lipinski definition) is 0. The lowest BCUT2D eigenvalue weighted by Gasteiger charge is -2.10. The third kappa shape index (κ3) is 7.21. The summed E-state index contributed by atoms with van der Waals surface area (Å²) in [7, 11) is 0. The van der Waals surface area contributed by atoms with Crippen LogP contribution in [0.15, 0.2) is 0 Å². The number of rotatable bonds is 6. The minimum Gasteiger partial charge on any atom is -0.300 e. The zero-order valence-electron chi connectivity index (χ0n) is 7.66. The number of carbonyl (C=O) groups is 1. The fourth-order valence-corrected chi connectivity index (χ4v) is 0.871. The molecule has 1 unspecified atom stereocenters. The first-order chi connectivity index (χ1) is 6.73. The Morgan fingerprint density at radius 1 is 1.13 bits per heavy atom. The monoisotopic (exact) mass is 236 g/mol. The van der Waals surface area contributed by atoms with Crippen molar-refractivity contribution in [3.63, 3.8) is 0 Å². The van der Waals surface area contributed by atoms with Gasteiger partial charge in [-0.15, -0.1) is 0 Å². The quantitative estimate of drug-likeness (QED) is 0.647. The zero-order valence-corrected chi connectivity index (χ0v) is 7.66. The summed E-state index contributed by atoms with van der Waals surface area (Å²) in [6.07, 6.45) is -13.4. The van der Waals surface area contributed by atoms with Crippen molar-refractivity contribution in [2.45, 2.75) is 44.5 Å². The lowest BCUT2D eigenvalue weighted by Crippen LogP contribution is -2.27. The second-order valence-corrected chi connectivity index (χ2v) is 3.04. The van der Waals surface area contributed by atoms with E-state index in [-0.39, 0.29) is 6.42 Å². The van der Waals surface area contributed by atoms with Crippen molar-refractivity contribution >= 4 is 5.78 Å². The van der Waals surface area contributed by atoms with E-state index in [1.165, 1.54) is 0 Å². The first-order valence-electron chi connectivity index (χ1n) is 4.24. The molecule has 0 aliphatic heterocycles. The molecule has 0 heterocycles. The highest BCUT2D eigenvalue weighted by molar-refractivity contribution is 5.78. The SMILES string of the molecule is O=C(CCCC(F)F)CC(F)C(F)(F)F. The van der Waals surface area contributed by atoms with Gasteiger partial charge in [0.15, 0.2) is 0 Å². The minimum atomic E-state index is -5.06. The van der Waals surface area contributed by atoms with E-state index in [4.69, 9.17) is 0 Å². The van der Waals surface area contributed by atoms with Gasteiger partial charge in [-0.3, -0.25) is 4.79 Å². The topological polar surface area (TPSA) is 17.1 Å². The predicted octanol–water partition coefficient (Wildman–Crippen LogP) is 3.28. The van der Waals surface area contributed by atoms with Crippen molar-refractivity contribution in [3.05, 3.63) is 0 Å². The van der Waals surface area contributed by atoms with Crippen LogP contribution in [0.5, 0.6) is 0 Å². The maximum Gasteiger partial charge on any atom is 0.420 e. The van der Waals surface area contributed by atoms with Crippen LogP contribution in [-0.4, -0.2) is 24.6 Å². The van der Waals surface area contributed by atoms with Gasteiger partial charge in [0.25, 0.3) is 0 Å². The molecule has 0 amide bonds. The fourth-order valence-electron chi connectivity index (χ4n) is 0.871. The molecule has 0 spiro atoms. The number of halogens is 6. The molecule has 0 bridgehead atoms. The molecule has 0 radical (unpaired) electrons. The van der Waals surface area contributed by atoms with Gasteiger partial charge < -0.3 is 0 Å². The Kier molecular flexibility index (Phi) is 5.67. The molecule has 0 aromatic heterocycles. The Hall–Kier alpha value is -0.750. The summed E-state index contributed by atoms with van der Waals surface area (Å²) in [5.41, 5.74) is 0. The summed E-state index contributed by atoms with van der Waals surface area (Å²) >= 11 is 0. The van der Waals surface area contributed by atoms with Gasteiger partial charge in [0, 0.05) is 19.3 Å². The molecule has 0 fully saturated rings. The molecular formula is C8H10F6O. The van der Waals surface area contributed by atoms with E-state index < -0.39 is 43.8 Å². The Balaban J connectivity index is 3.75. The first kappa shape index (κ1) is 14.2. The zero-order chi connectivity index (χ0) is 12.1. The van der Waals surface area contributed by atoms with Gasteiger partial charge >= 0.3 is 6.18 Å². The molecule has 0 aliphatic rings. The van der Waals surface area contributed by atoms with Crippen LogP contribution < -0.4 is 0 Å². The summed E-state index contributed by atoms with van der Waals surface area (Å²) in [6, 6.07) is 0. The summed E-state index contributed by atoms with van der Waals surface area (Å²) in [6.45, 7) is 0. The van der Waals surface area contributed by atoms with E-state index in [1.54, 1.807) is 0 Å². The van der Waals surface area contributed by atoms with Crippen LogP contribution in [0.2, 0.25) is 0 Å². The number of carbonyl (C=O) groups excluding carboxylic acids is 1. The largest absolute Gasteiger partial charge is 0.420 e. The van der Waals surface area contributed by atoms with E-state index in [0.29, 0.717) is 0 Å². The van der Waals surface area contributed by atoms with Crippen molar-refractivity contribution < 1.29 is 31.1 Å². The molecule has 0 saturated heterocycles. The summed E-state index contributed by atoms with van der Waals surface area (Å²) < 4.78 is 70.2. The van der Waals surface area contributed by atoms with Crippen molar-refractivity contribution in [3.8, 4) is 0 Å². The first-order valence-corrected chi connectivity index (χ1v) is 4.24. The standard InChI is InChI=1S/C8H10F6O/c9-6(8(12,13)14)4-5(15)2-1-3-7(10)11/h6-7H,1-4H2. The summed E-state index contributed by atoms with van der Waals surface area (Å²) in [5.74, 6) is -0.986. The molecular weight excluding hydrogens is 226 g/mol. The van der Waals surface area contributed by atoms with Crippen molar-refractivity contribution in [1.29, 1.82) is 0 Å². The Labute approximate surface area is 82.4 Å². The summed E-state index contributed by atoms with van der Waals surface area (Å²) in [4.78, 5) is 10.7. The predicted molar refractivity (Wildman–Crippen MR) is 40.4 cm³/mol. The van der Waals surface area contributed by atoms with Gasteiger partial charge in [0.05, 0.1) is 0 Å². The molecule has 0 N–H and O–H groups in total. The highest BCUT2D eigenvalue weighted by atomic mass is 19.4. The third-order valence-electron chi connectivity index (χ3n) is 1.64. The molecule has 0 aromatic rings. The number of ketones is 1. The van der Waals surface area contributed by atoms with Gasteiger partial charge in [-0.1, -0.05) is 0 Å². The highest BCUT2D eigenvalue weighted by Gasteiger charge is 2.40. The van der Waals surface area contributed by atoms with Gasteiger partial charge in [0.2, 0.25) is 12.6 Å². The van der Waals surface area contributed by atoms with Crippen LogP contribution in [0.25, 0.3) is 0 Å². The molecule has 1 nitrogen and oxygen atoms in total. The van der Waals surface area contributed by atoms with Crippen molar-refractivity contribution in [2.24, 2.45) is 0 Å². The van der Waals surface area contributed by atoms with E-state index in [2.05, 4.69) is 0 Å². The lowest BCUT2D eigenvalue weighted by molar-refractivity contribution is -0.183.